The van der Waals surface area contributed by atoms with Crippen LogP contribution in [0.5, 0.6) is 0 Å². The molecule has 0 radical (unpaired) electrons. The molecule has 118 valence electrons. The van der Waals surface area contributed by atoms with Crippen molar-refractivity contribution in [2.75, 3.05) is 5.32 Å². The van der Waals surface area contributed by atoms with E-state index in [2.05, 4.69) is 24.1 Å². The minimum Gasteiger partial charge on any atom is -0.320 e. The smallest absolute Gasteiger partial charge is 0.274 e. The predicted molar refractivity (Wildman–Crippen MR) is 93.2 cm³/mol. The molecular weight excluding hydrogens is 286 g/mol. The number of carbonyl (C=O) groups excluding carboxylic acids is 1. The summed E-state index contributed by atoms with van der Waals surface area (Å²) in [5.74, 6) is 0.214. The van der Waals surface area contributed by atoms with Crippen LogP contribution in [0.1, 0.15) is 47.1 Å². The Labute approximate surface area is 136 Å². The van der Waals surface area contributed by atoms with Crippen LogP contribution in [0.4, 0.5) is 5.69 Å². The Morgan fingerprint density at radius 2 is 1.87 bits per heavy atom. The van der Waals surface area contributed by atoms with Gasteiger partial charge in [-0.25, -0.2) is 4.98 Å². The molecular formula is C19H21N3O. The molecule has 3 aromatic rings. The van der Waals surface area contributed by atoms with Crippen LogP contribution in [0.3, 0.4) is 0 Å². The molecule has 0 aliphatic rings. The lowest BCUT2D eigenvalue weighted by atomic mass is 10.0. The molecule has 2 aromatic heterocycles. The second kappa shape index (κ2) is 5.88. The van der Waals surface area contributed by atoms with E-state index in [1.807, 2.05) is 60.8 Å². The Kier molecular flexibility index (Phi) is 3.90. The molecule has 23 heavy (non-hydrogen) atoms. The van der Waals surface area contributed by atoms with Crippen molar-refractivity contribution >= 4 is 17.2 Å². The van der Waals surface area contributed by atoms with E-state index in [1.165, 1.54) is 0 Å². The number of nitrogens with zero attached hydrogens (tertiary/aromatic N) is 2. The summed E-state index contributed by atoms with van der Waals surface area (Å²) in [4.78, 5) is 17.3. The van der Waals surface area contributed by atoms with E-state index in [0.29, 0.717) is 11.6 Å². The summed E-state index contributed by atoms with van der Waals surface area (Å²) < 4.78 is 1.86. The second-order valence-electron chi connectivity index (χ2n) is 6.18. The molecule has 1 aromatic carbocycles. The monoisotopic (exact) mass is 307 g/mol. The van der Waals surface area contributed by atoms with E-state index in [4.69, 9.17) is 0 Å². The molecule has 4 heteroatoms. The summed E-state index contributed by atoms with van der Waals surface area (Å²) >= 11 is 0. The van der Waals surface area contributed by atoms with Gasteiger partial charge in [-0.05, 0) is 43.0 Å². The Balaban J connectivity index is 2.02. The molecule has 0 unspecified atom stereocenters. The molecule has 1 N–H and O–H groups in total. The molecule has 0 aliphatic carbocycles. The van der Waals surface area contributed by atoms with Crippen molar-refractivity contribution in [2.24, 2.45) is 0 Å². The SMILES string of the molecule is Cc1ccc2nc(C)c(C(=O)Nc3ccccc3C(C)C)n2c1. The average molecular weight is 307 g/mol. The van der Waals surface area contributed by atoms with E-state index >= 15 is 0 Å². The third kappa shape index (κ3) is 2.84. The number of aryl methyl sites for hydroxylation is 2. The summed E-state index contributed by atoms with van der Waals surface area (Å²) in [7, 11) is 0. The second-order valence-corrected chi connectivity index (χ2v) is 6.18. The molecule has 1 amide bonds. The van der Waals surface area contributed by atoms with E-state index in [9.17, 15) is 4.79 Å². The highest BCUT2D eigenvalue weighted by Crippen LogP contribution is 2.24. The fourth-order valence-electron chi connectivity index (χ4n) is 2.84. The van der Waals surface area contributed by atoms with Gasteiger partial charge in [-0.2, -0.15) is 0 Å². The van der Waals surface area contributed by atoms with Crippen molar-refractivity contribution in [2.45, 2.75) is 33.6 Å². The maximum atomic E-state index is 12.8. The normalized spacial score (nSPS) is 11.2. The van der Waals surface area contributed by atoms with Crippen molar-refractivity contribution in [3.05, 3.63) is 65.1 Å². The maximum Gasteiger partial charge on any atom is 0.274 e. The van der Waals surface area contributed by atoms with Crippen LogP contribution in [0.25, 0.3) is 5.65 Å². The summed E-state index contributed by atoms with van der Waals surface area (Å²) in [5.41, 5.74) is 5.18. The Morgan fingerprint density at radius 3 is 2.61 bits per heavy atom. The zero-order chi connectivity index (χ0) is 16.6. The van der Waals surface area contributed by atoms with E-state index < -0.39 is 0 Å². The van der Waals surface area contributed by atoms with Gasteiger partial charge in [0.05, 0.1) is 5.69 Å². The number of nitrogens with one attached hydrogen (secondary N) is 1. The number of carbonyl (C=O) groups is 1. The van der Waals surface area contributed by atoms with Gasteiger partial charge in [0.15, 0.2) is 0 Å². The van der Waals surface area contributed by atoms with E-state index in [-0.39, 0.29) is 5.91 Å². The largest absolute Gasteiger partial charge is 0.320 e. The van der Waals surface area contributed by atoms with Gasteiger partial charge in [-0.1, -0.05) is 38.1 Å². The van der Waals surface area contributed by atoms with Crippen molar-refractivity contribution in [1.82, 2.24) is 9.38 Å². The van der Waals surface area contributed by atoms with Crippen LogP contribution in [-0.4, -0.2) is 15.3 Å². The van der Waals surface area contributed by atoms with Gasteiger partial charge < -0.3 is 5.32 Å². The number of hydrogen-bond donors (Lipinski definition) is 1. The van der Waals surface area contributed by atoms with Crippen LogP contribution in [-0.2, 0) is 0 Å². The Hall–Kier alpha value is -2.62. The van der Waals surface area contributed by atoms with Gasteiger partial charge in [0.1, 0.15) is 11.3 Å². The minimum atomic E-state index is -0.131. The van der Waals surface area contributed by atoms with Crippen LogP contribution in [0.2, 0.25) is 0 Å². The molecule has 3 rings (SSSR count). The lowest BCUT2D eigenvalue weighted by molar-refractivity contribution is 0.102. The quantitative estimate of drug-likeness (QED) is 0.783. The molecule has 0 saturated carbocycles. The van der Waals surface area contributed by atoms with Crippen LogP contribution in [0, 0.1) is 13.8 Å². The third-order valence-electron chi connectivity index (χ3n) is 3.99. The Morgan fingerprint density at radius 1 is 1.13 bits per heavy atom. The molecule has 4 nitrogen and oxygen atoms in total. The van der Waals surface area contributed by atoms with Crippen LogP contribution < -0.4 is 5.32 Å². The van der Waals surface area contributed by atoms with Crippen molar-refractivity contribution in [3.8, 4) is 0 Å². The van der Waals surface area contributed by atoms with Crippen molar-refractivity contribution < 1.29 is 4.79 Å². The maximum absolute atomic E-state index is 12.8. The molecule has 2 heterocycles. The van der Waals surface area contributed by atoms with Crippen molar-refractivity contribution in [1.29, 1.82) is 0 Å². The molecule has 0 aliphatic heterocycles. The first-order valence-corrected chi connectivity index (χ1v) is 7.83. The van der Waals surface area contributed by atoms with Gasteiger partial charge in [-0.15, -0.1) is 0 Å². The summed E-state index contributed by atoms with van der Waals surface area (Å²) in [6.07, 6.45) is 1.94. The summed E-state index contributed by atoms with van der Waals surface area (Å²) in [6.45, 7) is 8.11. The molecule has 0 atom stereocenters. The number of rotatable bonds is 3. The first kappa shape index (κ1) is 15.3. The van der Waals surface area contributed by atoms with Crippen LogP contribution in [0.15, 0.2) is 42.6 Å². The first-order chi connectivity index (χ1) is 11.0. The molecule has 0 saturated heterocycles. The highest BCUT2D eigenvalue weighted by Gasteiger charge is 2.18. The zero-order valence-electron chi connectivity index (χ0n) is 13.9. The van der Waals surface area contributed by atoms with Gasteiger partial charge in [0.25, 0.3) is 5.91 Å². The summed E-state index contributed by atoms with van der Waals surface area (Å²) in [5, 5.41) is 3.05. The highest BCUT2D eigenvalue weighted by molar-refractivity contribution is 6.04. The van der Waals surface area contributed by atoms with E-state index in [1.54, 1.807) is 0 Å². The van der Waals surface area contributed by atoms with Gasteiger partial charge in [0, 0.05) is 11.9 Å². The number of benzene rings is 1. The fraction of sp³-hybridized carbons (Fsp3) is 0.263. The summed E-state index contributed by atoms with van der Waals surface area (Å²) in [6, 6.07) is 11.8. The minimum absolute atomic E-state index is 0.131. The topological polar surface area (TPSA) is 46.4 Å². The standard InChI is InChI=1S/C19H21N3O/c1-12(2)15-7-5-6-8-16(15)21-19(23)18-14(4)20-17-10-9-13(3)11-22(17)18/h5-12H,1-4H3,(H,21,23). The number of aromatic nitrogens is 2. The lowest BCUT2D eigenvalue weighted by Gasteiger charge is -2.13. The molecule has 0 fully saturated rings. The van der Waals surface area contributed by atoms with Crippen molar-refractivity contribution in [3.63, 3.8) is 0 Å². The Bertz CT molecular complexity index is 877. The first-order valence-electron chi connectivity index (χ1n) is 7.83. The number of para-hydroxylation sites is 1. The van der Waals surface area contributed by atoms with Gasteiger partial charge in [-0.3, -0.25) is 9.20 Å². The fourth-order valence-corrected chi connectivity index (χ4v) is 2.84. The number of amides is 1. The zero-order valence-corrected chi connectivity index (χ0v) is 13.9. The number of fused-ring (bicyclic) bond motifs is 1. The van der Waals surface area contributed by atoms with Gasteiger partial charge in [0.2, 0.25) is 0 Å². The number of anilines is 1. The lowest BCUT2D eigenvalue weighted by Crippen LogP contribution is -2.17. The van der Waals surface area contributed by atoms with E-state index in [0.717, 1.165) is 28.2 Å². The van der Waals surface area contributed by atoms with Crippen LogP contribution >= 0.6 is 0 Å². The average Bonchev–Trinajstić information content (AvgIpc) is 2.82. The van der Waals surface area contributed by atoms with Gasteiger partial charge >= 0.3 is 0 Å². The molecule has 0 bridgehead atoms. The number of hydrogen-bond acceptors (Lipinski definition) is 2. The molecule has 0 spiro atoms. The number of imidazole rings is 1. The third-order valence-corrected chi connectivity index (χ3v) is 3.99. The highest BCUT2D eigenvalue weighted by atomic mass is 16.2. The number of pyridine rings is 1. The predicted octanol–water partition coefficient (Wildman–Crippen LogP) is 4.33.